The van der Waals surface area contributed by atoms with Crippen molar-refractivity contribution in [3.8, 4) is 0 Å². The Morgan fingerprint density at radius 1 is 1.08 bits per heavy atom. The molecule has 0 saturated carbocycles. The average molecular weight is 331 g/mol. The summed E-state index contributed by atoms with van der Waals surface area (Å²) in [6, 6.07) is 14.0. The molecule has 1 N–H and O–H groups in total. The third-order valence-corrected chi connectivity index (χ3v) is 3.69. The van der Waals surface area contributed by atoms with Gasteiger partial charge in [-0.05, 0) is 30.5 Å². The van der Waals surface area contributed by atoms with E-state index in [-0.39, 0.29) is 0 Å². The van der Waals surface area contributed by atoms with Gasteiger partial charge in [-0.3, -0.25) is 4.90 Å². The van der Waals surface area contributed by atoms with Gasteiger partial charge in [-0.25, -0.2) is 0 Å². The minimum Gasteiger partial charge on any atom is -0.465 e. The number of hydrogen-bond acceptors (Lipinski definition) is 4. The summed E-state index contributed by atoms with van der Waals surface area (Å²) in [7, 11) is 0. The third kappa shape index (κ3) is 6.87. The normalized spacial score (nSPS) is 12.9. The Kier molecular flexibility index (Phi) is 7.50. The van der Waals surface area contributed by atoms with Crippen LogP contribution in [0.4, 0.5) is 0 Å². The van der Waals surface area contributed by atoms with E-state index in [0.29, 0.717) is 32.2 Å². The first kappa shape index (κ1) is 18.7. The number of furan rings is 1. The smallest absolute Gasteiger partial charge is 0.118 e. The molecule has 0 radical (unpaired) electrons. The molecule has 0 bridgehead atoms. The Labute approximate surface area is 145 Å². The summed E-state index contributed by atoms with van der Waals surface area (Å²) in [5.41, 5.74) is 1.12. The van der Waals surface area contributed by atoms with E-state index in [1.54, 1.807) is 0 Å². The first-order valence-electron chi connectivity index (χ1n) is 8.60. The van der Waals surface area contributed by atoms with Crippen molar-refractivity contribution < 1.29 is 14.3 Å². The van der Waals surface area contributed by atoms with Crippen LogP contribution in [0, 0.1) is 12.8 Å². The zero-order valence-electron chi connectivity index (χ0n) is 14.9. The number of aliphatic hydroxyl groups is 1. The maximum atomic E-state index is 10.3. The molecule has 1 atom stereocenters. The Hall–Kier alpha value is -1.62. The van der Waals surface area contributed by atoms with Crippen molar-refractivity contribution in [1.82, 2.24) is 4.90 Å². The Morgan fingerprint density at radius 2 is 1.83 bits per heavy atom. The lowest BCUT2D eigenvalue weighted by Gasteiger charge is -2.25. The average Bonchev–Trinajstić information content (AvgIpc) is 2.92. The Bertz CT molecular complexity index is 580. The Morgan fingerprint density at radius 3 is 2.46 bits per heavy atom. The van der Waals surface area contributed by atoms with Crippen molar-refractivity contribution in [2.45, 2.75) is 40.0 Å². The van der Waals surface area contributed by atoms with Gasteiger partial charge < -0.3 is 14.3 Å². The van der Waals surface area contributed by atoms with Crippen LogP contribution in [0.3, 0.4) is 0 Å². The largest absolute Gasteiger partial charge is 0.465 e. The fourth-order valence-corrected chi connectivity index (χ4v) is 2.75. The van der Waals surface area contributed by atoms with E-state index in [9.17, 15) is 5.11 Å². The Balaban J connectivity index is 1.79. The molecule has 0 aliphatic carbocycles. The summed E-state index contributed by atoms with van der Waals surface area (Å²) in [5, 5.41) is 10.3. The molecule has 0 spiro atoms. The van der Waals surface area contributed by atoms with Gasteiger partial charge in [0, 0.05) is 13.1 Å². The van der Waals surface area contributed by atoms with E-state index >= 15 is 0 Å². The van der Waals surface area contributed by atoms with E-state index in [1.165, 1.54) is 0 Å². The fourth-order valence-electron chi connectivity index (χ4n) is 2.75. The SMILES string of the molecule is Cc1ccc(CN(CC(C)C)CC(O)COCc2ccccc2)o1. The van der Waals surface area contributed by atoms with Gasteiger partial charge in [0.2, 0.25) is 0 Å². The fraction of sp³-hybridized carbons (Fsp3) is 0.500. The molecule has 1 unspecified atom stereocenters. The number of ether oxygens (including phenoxy) is 1. The number of aryl methyl sites for hydroxylation is 1. The van der Waals surface area contributed by atoms with Crippen LogP contribution in [-0.2, 0) is 17.9 Å². The van der Waals surface area contributed by atoms with Crippen molar-refractivity contribution in [3.05, 3.63) is 59.5 Å². The van der Waals surface area contributed by atoms with Gasteiger partial charge in [0.15, 0.2) is 0 Å². The van der Waals surface area contributed by atoms with Gasteiger partial charge in [-0.2, -0.15) is 0 Å². The molecular formula is C20H29NO3. The zero-order chi connectivity index (χ0) is 17.4. The quantitative estimate of drug-likeness (QED) is 0.722. The van der Waals surface area contributed by atoms with Crippen LogP contribution in [-0.4, -0.2) is 35.8 Å². The van der Waals surface area contributed by atoms with E-state index in [0.717, 1.165) is 23.6 Å². The molecule has 0 aliphatic rings. The maximum Gasteiger partial charge on any atom is 0.118 e. The number of nitrogens with zero attached hydrogens (tertiary/aromatic N) is 1. The third-order valence-electron chi connectivity index (χ3n) is 3.69. The number of benzene rings is 1. The number of aliphatic hydroxyl groups excluding tert-OH is 1. The van der Waals surface area contributed by atoms with E-state index in [2.05, 4.69) is 18.7 Å². The molecule has 1 heterocycles. The predicted molar refractivity (Wildman–Crippen MR) is 95.7 cm³/mol. The number of hydrogen-bond donors (Lipinski definition) is 1. The van der Waals surface area contributed by atoms with Crippen LogP contribution >= 0.6 is 0 Å². The molecule has 24 heavy (non-hydrogen) atoms. The van der Waals surface area contributed by atoms with Gasteiger partial charge >= 0.3 is 0 Å². The van der Waals surface area contributed by atoms with Gasteiger partial charge in [0.05, 0.1) is 25.9 Å². The lowest BCUT2D eigenvalue weighted by Crippen LogP contribution is -2.36. The van der Waals surface area contributed by atoms with Gasteiger partial charge in [0.25, 0.3) is 0 Å². The van der Waals surface area contributed by atoms with E-state index in [1.807, 2.05) is 49.4 Å². The highest BCUT2D eigenvalue weighted by Crippen LogP contribution is 2.12. The molecule has 2 aromatic rings. The van der Waals surface area contributed by atoms with Crippen LogP contribution in [0.15, 0.2) is 46.9 Å². The standard InChI is InChI=1S/C20H29NO3/c1-16(2)11-21(13-20-10-9-17(3)24-20)12-19(22)15-23-14-18-7-5-4-6-8-18/h4-10,16,19,22H,11-15H2,1-3H3. The second kappa shape index (κ2) is 9.62. The second-order valence-electron chi connectivity index (χ2n) is 6.75. The van der Waals surface area contributed by atoms with Gasteiger partial charge in [0.1, 0.15) is 11.5 Å². The first-order valence-corrected chi connectivity index (χ1v) is 8.60. The summed E-state index contributed by atoms with van der Waals surface area (Å²) in [5.74, 6) is 2.38. The number of rotatable bonds is 10. The van der Waals surface area contributed by atoms with Crippen LogP contribution in [0.25, 0.3) is 0 Å². The lowest BCUT2D eigenvalue weighted by molar-refractivity contribution is 0.00575. The molecule has 4 nitrogen and oxygen atoms in total. The van der Waals surface area contributed by atoms with Crippen LogP contribution in [0.2, 0.25) is 0 Å². The first-order chi connectivity index (χ1) is 11.5. The summed E-state index contributed by atoms with van der Waals surface area (Å²) in [6.07, 6.45) is -0.511. The topological polar surface area (TPSA) is 45.8 Å². The van der Waals surface area contributed by atoms with E-state index < -0.39 is 6.10 Å². The van der Waals surface area contributed by atoms with Crippen LogP contribution in [0.1, 0.15) is 30.9 Å². The monoisotopic (exact) mass is 331 g/mol. The molecular weight excluding hydrogens is 302 g/mol. The lowest BCUT2D eigenvalue weighted by atomic mass is 10.2. The molecule has 132 valence electrons. The molecule has 2 rings (SSSR count). The highest BCUT2D eigenvalue weighted by molar-refractivity contribution is 5.13. The minimum atomic E-state index is -0.511. The highest BCUT2D eigenvalue weighted by atomic mass is 16.5. The van der Waals surface area contributed by atoms with Crippen LogP contribution < -0.4 is 0 Å². The summed E-state index contributed by atoms with van der Waals surface area (Å²) in [4.78, 5) is 2.22. The molecule has 0 saturated heterocycles. The predicted octanol–water partition coefficient (Wildman–Crippen LogP) is 3.62. The van der Waals surface area contributed by atoms with Gasteiger partial charge in [-0.15, -0.1) is 0 Å². The zero-order valence-corrected chi connectivity index (χ0v) is 14.9. The molecule has 4 heteroatoms. The van der Waals surface area contributed by atoms with Crippen LogP contribution in [0.5, 0.6) is 0 Å². The summed E-state index contributed by atoms with van der Waals surface area (Å²) in [6.45, 7) is 9.37. The molecule has 0 fully saturated rings. The summed E-state index contributed by atoms with van der Waals surface area (Å²) < 4.78 is 11.3. The van der Waals surface area contributed by atoms with Crippen molar-refractivity contribution in [1.29, 1.82) is 0 Å². The van der Waals surface area contributed by atoms with Crippen molar-refractivity contribution in [2.24, 2.45) is 5.92 Å². The minimum absolute atomic E-state index is 0.334. The molecule has 0 amide bonds. The second-order valence-corrected chi connectivity index (χ2v) is 6.75. The van der Waals surface area contributed by atoms with Crippen molar-refractivity contribution in [3.63, 3.8) is 0 Å². The molecule has 0 aliphatic heterocycles. The van der Waals surface area contributed by atoms with Crippen molar-refractivity contribution in [2.75, 3.05) is 19.7 Å². The maximum absolute atomic E-state index is 10.3. The molecule has 1 aromatic heterocycles. The molecule has 1 aromatic carbocycles. The highest BCUT2D eigenvalue weighted by Gasteiger charge is 2.15. The van der Waals surface area contributed by atoms with Gasteiger partial charge in [-0.1, -0.05) is 44.2 Å². The summed E-state index contributed by atoms with van der Waals surface area (Å²) >= 11 is 0. The van der Waals surface area contributed by atoms with Crippen molar-refractivity contribution >= 4 is 0 Å². The van der Waals surface area contributed by atoms with E-state index in [4.69, 9.17) is 9.15 Å².